The van der Waals surface area contributed by atoms with Crippen molar-refractivity contribution in [3.05, 3.63) is 92.2 Å². The number of hydrogen-bond donors (Lipinski definition) is 1. The van der Waals surface area contributed by atoms with Crippen molar-refractivity contribution in [1.82, 2.24) is 4.57 Å². The molecule has 14 heteroatoms. The summed E-state index contributed by atoms with van der Waals surface area (Å²) in [5, 5.41) is 11.6. The van der Waals surface area contributed by atoms with Crippen molar-refractivity contribution in [3.63, 3.8) is 0 Å². The predicted octanol–water partition coefficient (Wildman–Crippen LogP) is 4.37. The first-order chi connectivity index (χ1) is 18.1. The molecule has 0 radical (unpaired) electrons. The fourth-order valence-corrected chi connectivity index (χ4v) is 5.65. The number of anilines is 1. The van der Waals surface area contributed by atoms with Gasteiger partial charge >= 0.3 is 5.97 Å². The first kappa shape index (κ1) is 27.0. The van der Waals surface area contributed by atoms with Crippen molar-refractivity contribution in [2.24, 2.45) is 4.99 Å². The highest BCUT2D eigenvalue weighted by atomic mass is 35.5. The number of hydrogen-bond acceptors (Lipinski definition) is 8. The van der Waals surface area contributed by atoms with Gasteiger partial charge < -0.3 is 9.30 Å². The molecule has 0 atom stereocenters. The minimum absolute atomic E-state index is 0.0215. The van der Waals surface area contributed by atoms with Gasteiger partial charge in [-0.1, -0.05) is 22.9 Å². The molecule has 38 heavy (non-hydrogen) atoms. The van der Waals surface area contributed by atoms with Crippen LogP contribution in [0.15, 0.2) is 76.6 Å². The van der Waals surface area contributed by atoms with Gasteiger partial charge in [0.1, 0.15) is 6.54 Å². The van der Waals surface area contributed by atoms with Crippen LogP contribution in [0.4, 0.5) is 11.4 Å². The van der Waals surface area contributed by atoms with Crippen molar-refractivity contribution >= 4 is 66.4 Å². The van der Waals surface area contributed by atoms with Gasteiger partial charge in [-0.25, -0.2) is 8.42 Å². The molecule has 4 rings (SSSR count). The molecule has 1 amide bonds. The molecule has 3 aromatic carbocycles. The summed E-state index contributed by atoms with van der Waals surface area (Å²) in [5.41, 5.74) is 0.720. The van der Waals surface area contributed by atoms with Gasteiger partial charge in [0.05, 0.1) is 26.6 Å². The Morgan fingerprint density at radius 2 is 1.79 bits per heavy atom. The number of nitro benzene ring substituents is 1. The Morgan fingerprint density at radius 1 is 1.11 bits per heavy atom. The Balaban J connectivity index is 1.64. The van der Waals surface area contributed by atoms with Gasteiger partial charge in [0.15, 0.2) is 4.80 Å². The molecule has 11 nitrogen and oxygen atoms in total. The number of carbonyl (C=O) groups is 2. The van der Waals surface area contributed by atoms with E-state index in [0.29, 0.717) is 15.2 Å². The number of non-ortho nitro benzene ring substituents is 1. The Morgan fingerprint density at radius 3 is 2.42 bits per heavy atom. The number of ether oxygens (including phenoxy) is 1. The quantitative estimate of drug-likeness (QED) is 0.186. The van der Waals surface area contributed by atoms with Crippen LogP contribution in [0.1, 0.15) is 17.3 Å². The largest absolute Gasteiger partial charge is 0.465 e. The van der Waals surface area contributed by atoms with E-state index in [1.165, 1.54) is 71.3 Å². The van der Waals surface area contributed by atoms with E-state index in [0.717, 1.165) is 11.3 Å². The number of nitro groups is 1. The van der Waals surface area contributed by atoms with Crippen LogP contribution in [0.25, 0.3) is 10.2 Å². The summed E-state index contributed by atoms with van der Waals surface area (Å²) in [6.07, 6.45) is 0. The van der Waals surface area contributed by atoms with Crippen LogP contribution in [0, 0.1) is 10.1 Å². The summed E-state index contributed by atoms with van der Waals surface area (Å²) in [7, 11) is -3.87. The highest BCUT2D eigenvalue weighted by Gasteiger charge is 2.17. The number of aromatic nitrogens is 1. The number of rotatable bonds is 8. The summed E-state index contributed by atoms with van der Waals surface area (Å²) in [6.45, 7) is 1.57. The highest BCUT2D eigenvalue weighted by molar-refractivity contribution is 7.92. The molecule has 0 unspecified atom stereocenters. The molecule has 0 aliphatic carbocycles. The molecule has 1 aromatic heterocycles. The fourth-order valence-electron chi connectivity index (χ4n) is 3.41. The summed E-state index contributed by atoms with van der Waals surface area (Å²) < 4.78 is 34.5. The number of nitrogens with one attached hydrogen (secondary N) is 1. The molecule has 0 aliphatic rings. The fraction of sp³-hybridized carbons (Fsp3) is 0.125. The van der Waals surface area contributed by atoms with Crippen LogP contribution >= 0.6 is 22.9 Å². The van der Waals surface area contributed by atoms with E-state index in [1.807, 2.05) is 0 Å². The second-order valence-corrected chi connectivity index (χ2v) is 10.9. The third-order valence-corrected chi connectivity index (χ3v) is 7.87. The number of carbonyl (C=O) groups excluding carboxylic acids is 2. The number of halogens is 1. The van der Waals surface area contributed by atoms with Crippen LogP contribution in [0.5, 0.6) is 0 Å². The molecule has 1 heterocycles. The van der Waals surface area contributed by atoms with Gasteiger partial charge in [-0.05, 0) is 61.5 Å². The van der Waals surface area contributed by atoms with Crippen LogP contribution in [-0.2, 0) is 26.1 Å². The van der Waals surface area contributed by atoms with E-state index in [-0.39, 0.29) is 39.8 Å². The number of benzene rings is 3. The molecule has 0 aliphatic heterocycles. The summed E-state index contributed by atoms with van der Waals surface area (Å²) in [6, 6.07) is 15.4. The zero-order chi connectivity index (χ0) is 27.4. The molecule has 0 fully saturated rings. The number of amides is 1. The van der Waals surface area contributed by atoms with Gasteiger partial charge in [0.25, 0.3) is 21.6 Å². The van der Waals surface area contributed by atoms with Gasteiger partial charge in [-0.3, -0.25) is 24.4 Å². The van der Waals surface area contributed by atoms with Crippen molar-refractivity contribution in [1.29, 1.82) is 0 Å². The van der Waals surface area contributed by atoms with Crippen LogP contribution in [0.3, 0.4) is 0 Å². The molecule has 0 saturated heterocycles. The van der Waals surface area contributed by atoms with Crippen molar-refractivity contribution in [2.45, 2.75) is 18.4 Å². The van der Waals surface area contributed by atoms with E-state index in [9.17, 15) is 28.1 Å². The molecule has 1 N–H and O–H groups in total. The van der Waals surface area contributed by atoms with Crippen LogP contribution < -0.4 is 9.52 Å². The second kappa shape index (κ2) is 11.1. The predicted molar refractivity (Wildman–Crippen MR) is 142 cm³/mol. The first-order valence-electron chi connectivity index (χ1n) is 11.0. The maximum absolute atomic E-state index is 12.9. The number of esters is 1. The average Bonchev–Trinajstić information content (AvgIpc) is 3.20. The number of fused-ring (bicyclic) bond motifs is 1. The van der Waals surface area contributed by atoms with E-state index >= 15 is 0 Å². The molecule has 0 bridgehead atoms. The molecular formula is C24H19ClN4O7S2. The lowest BCUT2D eigenvalue weighted by atomic mass is 10.2. The maximum Gasteiger partial charge on any atom is 0.326 e. The maximum atomic E-state index is 12.9. The second-order valence-electron chi connectivity index (χ2n) is 7.74. The average molecular weight is 575 g/mol. The topological polar surface area (TPSA) is 150 Å². The standard InChI is InChI=1S/C24H19ClN4O7S2/c1-2-36-22(30)14-28-20-12-9-18(29(32)33)13-21(20)37-24(28)26-23(31)15-3-7-17(8-4-15)27-38(34,35)19-10-5-16(25)6-11-19/h3-13,27H,2,14H2,1H3. The van der Waals surface area contributed by atoms with Crippen molar-refractivity contribution < 1.29 is 27.7 Å². The van der Waals surface area contributed by atoms with E-state index < -0.39 is 26.8 Å². The zero-order valence-corrected chi connectivity index (χ0v) is 22.0. The number of nitrogens with zero attached hydrogens (tertiary/aromatic N) is 3. The lowest BCUT2D eigenvalue weighted by molar-refractivity contribution is -0.384. The van der Waals surface area contributed by atoms with Crippen molar-refractivity contribution in [2.75, 3.05) is 11.3 Å². The van der Waals surface area contributed by atoms with E-state index in [2.05, 4.69) is 9.71 Å². The summed E-state index contributed by atoms with van der Waals surface area (Å²) >= 11 is 6.82. The molecule has 196 valence electrons. The Hall–Kier alpha value is -4.07. The molecular weight excluding hydrogens is 556 g/mol. The Kier molecular flexibility index (Phi) is 7.90. The minimum Gasteiger partial charge on any atom is -0.465 e. The van der Waals surface area contributed by atoms with Gasteiger partial charge in [-0.15, -0.1) is 0 Å². The zero-order valence-electron chi connectivity index (χ0n) is 19.7. The number of thiazole rings is 1. The smallest absolute Gasteiger partial charge is 0.326 e. The number of sulfonamides is 1. The third-order valence-electron chi connectivity index (χ3n) is 5.17. The van der Waals surface area contributed by atoms with Gasteiger partial charge in [0.2, 0.25) is 0 Å². The lowest BCUT2D eigenvalue weighted by Gasteiger charge is -2.08. The summed E-state index contributed by atoms with van der Waals surface area (Å²) in [4.78, 5) is 40.0. The monoisotopic (exact) mass is 574 g/mol. The first-order valence-corrected chi connectivity index (χ1v) is 13.7. The van der Waals surface area contributed by atoms with Crippen LogP contribution in [-0.4, -0.2) is 36.4 Å². The summed E-state index contributed by atoms with van der Waals surface area (Å²) in [5.74, 6) is -1.22. The van der Waals surface area contributed by atoms with Gasteiger partial charge in [-0.2, -0.15) is 4.99 Å². The van der Waals surface area contributed by atoms with Gasteiger partial charge in [0, 0.05) is 28.4 Å². The minimum atomic E-state index is -3.87. The van der Waals surface area contributed by atoms with E-state index in [1.54, 1.807) is 6.92 Å². The Labute approximate surface area is 225 Å². The molecule has 0 spiro atoms. The van der Waals surface area contributed by atoms with Crippen LogP contribution in [0.2, 0.25) is 5.02 Å². The lowest BCUT2D eigenvalue weighted by Crippen LogP contribution is -2.23. The highest BCUT2D eigenvalue weighted by Crippen LogP contribution is 2.24. The third kappa shape index (κ3) is 6.07. The normalized spacial score (nSPS) is 11.9. The SMILES string of the molecule is CCOC(=O)Cn1c(=NC(=O)c2ccc(NS(=O)(=O)c3ccc(Cl)cc3)cc2)sc2cc([N+](=O)[O-])ccc21. The van der Waals surface area contributed by atoms with Crippen molar-refractivity contribution in [3.8, 4) is 0 Å². The van der Waals surface area contributed by atoms with E-state index in [4.69, 9.17) is 16.3 Å². The molecule has 0 saturated carbocycles. The molecule has 4 aromatic rings. The Bertz CT molecular complexity index is 1710.